The summed E-state index contributed by atoms with van der Waals surface area (Å²) in [6.45, 7) is 8.56. The number of hydrogen-bond donors (Lipinski definition) is 0. The van der Waals surface area contributed by atoms with Crippen LogP contribution in [0.25, 0.3) is 0 Å². The normalized spacial score (nSPS) is 28.9. The quantitative estimate of drug-likeness (QED) is 0.818. The lowest BCUT2D eigenvalue weighted by molar-refractivity contribution is 0.141. The van der Waals surface area contributed by atoms with E-state index in [4.69, 9.17) is 0 Å². The summed E-state index contributed by atoms with van der Waals surface area (Å²) in [5, 5.41) is 0. The van der Waals surface area contributed by atoms with E-state index in [-0.39, 0.29) is 0 Å². The molecule has 3 aliphatic heterocycles. The second-order valence-electron chi connectivity index (χ2n) is 7.18. The summed E-state index contributed by atoms with van der Waals surface area (Å²) in [7, 11) is 0. The number of piperidine rings is 1. The van der Waals surface area contributed by atoms with Gasteiger partial charge >= 0.3 is 0 Å². The standard InChI is InChI=1S/C19H28N2S/c1-3-6-14(2)20-11-9-17-16(13-20)15-7-4-8-18-19(15)21(17)10-5-12-22-18/h4,7-8,14,16-17H,3,5-6,9-13H2,1-2H3. The minimum absolute atomic E-state index is 0.738. The van der Waals surface area contributed by atoms with Crippen molar-refractivity contribution in [3.05, 3.63) is 23.8 Å². The largest absolute Gasteiger partial charge is 0.367 e. The van der Waals surface area contributed by atoms with E-state index in [0.29, 0.717) is 0 Å². The molecule has 0 spiro atoms. The number of fused-ring (bicyclic) bond motifs is 3. The zero-order valence-electron chi connectivity index (χ0n) is 13.9. The lowest BCUT2D eigenvalue weighted by Gasteiger charge is -2.41. The summed E-state index contributed by atoms with van der Waals surface area (Å²) in [5.41, 5.74) is 3.25. The summed E-state index contributed by atoms with van der Waals surface area (Å²) in [4.78, 5) is 7.07. The van der Waals surface area contributed by atoms with Gasteiger partial charge in [0.25, 0.3) is 0 Å². The van der Waals surface area contributed by atoms with E-state index in [0.717, 1.165) is 18.0 Å². The number of benzene rings is 1. The zero-order valence-corrected chi connectivity index (χ0v) is 14.7. The first-order valence-corrected chi connectivity index (χ1v) is 10.0. The van der Waals surface area contributed by atoms with Crippen LogP contribution in [0.4, 0.5) is 5.69 Å². The topological polar surface area (TPSA) is 6.48 Å². The Labute approximate surface area is 139 Å². The molecule has 4 rings (SSSR count). The molecule has 3 heteroatoms. The van der Waals surface area contributed by atoms with Crippen molar-refractivity contribution in [3.63, 3.8) is 0 Å². The van der Waals surface area contributed by atoms with Crippen molar-refractivity contribution < 1.29 is 0 Å². The number of para-hydroxylation sites is 1. The Bertz CT molecular complexity index is 544. The van der Waals surface area contributed by atoms with Gasteiger partial charge in [-0.1, -0.05) is 25.5 Å². The SMILES string of the molecule is CCCC(C)N1CCC2C(C1)c1cccc3c1N2CCCS3. The van der Waals surface area contributed by atoms with Gasteiger partial charge in [0.2, 0.25) is 0 Å². The Balaban J connectivity index is 1.65. The number of rotatable bonds is 3. The van der Waals surface area contributed by atoms with Gasteiger partial charge in [-0.15, -0.1) is 11.8 Å². The number of nitrogens with zero attached hydrogens (tertiary/aromatic N) is 2. The zero-order chi connectivity index (χ0) is 15.1. The molecule has 0 aliphatic carbocycles. The highest BCUT2D eigenvalue weighted by Crippen LogP contribution is 2.50. The Morgan fingerprint density at radius 1 is 1.32 bits per heavy atom. The van der Waals surface area contributed by atoms with Crippen LogP contribution in [0, 0.1) is 0 Å². The van der Waals surface area contributed by atoms with Crippen LogP contribution in [0.1, 0.15) is 51.0 Å². The van der Waals surface area contributed by atoms with Gasteiger partial charge in [-0.05, 0) is 43.6 Å². The molecule has 3 heterocycles. The van der Waals surface area contributed by atoms with Crippen molar-refractivity contribution in [2.75, 3.05) is 30.3 Å². The van der Waals surface area contributed by atoms with Crippen LogP contribution in [-0.4, -0.2) is 42.4 Å². The molecular formula is C19H28N2S. The van der Waals surface area contributed by atoms with E-state index in [2.05, 4.69) is 53.6 Å². The van der Waals surface area contributed by atoms with Crippen LogP contribution in [-0.2, 0) is 0 Å². The van der Waals surface area contributed by atoms with Crippen molar-refractivity contribution >= 4 is 17.4 Å². The Kier molecular flexibility index (Phi) is 4.12. The summed E-state index contributed by atoms with van der Waals surface area (Å²) < 4.78 is 0. The van der Waals surface area contributed by atoms with Gasteiger partial charge < -0.3 is 4.90 Å². The van der Waals surface area contributed by atoms with Gasteiger partial charge in [0.15, 0.2) is 0 Å². The van der Waals surface area contributed by atoms with Crippen LogP contribution in [0.15, 0.2) is 23.1 Å². The first kappa shape index (κ1) is 14.9. The fourth-order valence-corrected chi connectivity index (χ4v) is 5.81. The van der Waals surface area contributed by atoms with Crippen LogP contribution >= 0.6 is 11.8 Å². The maximum atomic E-state index is 2.77. The highest BCUT2D eigenvalue weighted by atomic mass is 32.2. The molecule has 1 aromatic carbocycles. The average molecular weight is 317 g/mol. The van der Waals surface area contributed by atoms with Crippen molar-refractivity contribution in [1.29, 1.82) is 0 Å². The summed E-state index contributed by atoms with van der Waals surface area (Å²) >= 11 is 2.07. The third kappa shape index (κ3) is 2.37. The number of thioether (sulfide) groups is 1. The first-order chi connectivity index (χ1) is 10.8. The molecule has 3 aliphatic rings. The van der Waals surface area contributed by atoms with Crippen molar-refractivity contribution in [3.8, 4) is 0 Å². The van der Waals surface area contributed by atoms with Crippen molar-refractivity contribution in [2.45, 2.75) is 62.4 Å². The van der Waals surface area contributed by atoms with Crippen molar-refractivity contribution in [2.24, 2.45) is 0 Å². The van der Waals surface area contributed by atoms with Crippen molar-refractivity contribution in [1.82, 2.24) is 4.90 Å². The Morgan fingerprint density at radius 3 is 3.09 bits per heavy atom. The minimum atomic E-state index is 0.738. The molecule has 0 saturated carbocycles. The van der Waals surface area contributed by atoms with Crippen LogP contribution in [0.3, 0.4) is 0 Å². The lowest BCUT2D eigenvalue weighted by Crippen LogP contribution is -2.49. The second-order valence-corrected chi connectivity index (χ2v) is 8.32. The van der Waals surface area contributed by atoms with Crippen LogP contribution in [0.2, 0.25) is 0 Å². The summed E-state index contributed by atoms with van der Waals surface area (Å²) in [6.07, 6.45) is 5.31. The molecule has 0 N–H and O–H groups in total. The molecular weight excluding hydrogens is 288 g/mol. The van der Waals surface area contributed by atoms with E-state index < -0.39 is 0 Å². The third-order valence-electron chi connectivity index (χ3n) is 5.86. The highest BCUT2D eigenvalue weighted by molar-refractivity contribution is 7.99. The third-order valence-corrected chi connectivity index (χ3v) is 6.99. The molecule has 0 aromatic heterocycles. The van der Waals surface area contributed by atoms with Gasteiger partial charge in [-0.25, -0.2) is 0 Å². The predicted octanol–water partition coefficient (Wildman–Crippen LogP) is 4.35. The molecule has 0 bridgehead atoms. The molecule has 1 aromatic rings. The van der Waals surface area contributed by atoms with Gasteiger partial charge in [0.1, 0.15) is 0 Å². The fraction of sp³-hybridized carbons (Fsp3) is 0.684. The molecule has 3 atom stereocenters. The van der Waals surface area contributed by atoms with Gasteiger partial charge in [-0.3, -0.25) is 4.90 Å². The molecule has 1 fully saturated rings. The molecule has 0 radical (unpaired) electrons. The fourth-order valence-electron chi connectivity index (χ4n) is 4.77. The minimum Gasteiger partial charge on any atom is -0.367 e. The molecule has 120 valence electrons. The molecule has 3 unspecified atom stereocenters. The second kappa shape index (κ2) is 6.09. The monoisotopic (exact) mass is 316 g/mol. The van der Waals surface area contributed by atoms with Gasteiger partial charge in [0, 0.05) is 42.5 Å². The van der Waals surface area contributed by atoms with E-state index in [1.54, 1.807) is 11.3 Å². The summed E-state index contributed by atoms with van der Waals surface area (Å²) in [5.74, 6) is 2.02. The maximum Gasteiger partial charge on any atom is 0.0543 e. The lowest BCUT2D eigenvalue weighted by atomic mass is 9.88. The first-order valence-electron chi connectivity index (χ1n) is 9.06. The van der Waals surface area contributed by atoms with E-state index in [9.17, 15) is 0 Å². The summed E-state index contributed by atoms with van der Waals surface area (Å²) in [6, 6.07) is 8.56. The predicted molar refractivity (Wildman–Crippen MR) is 96.2 cm³/mol. The molecule has 1 saturated heterocycles. The number of anilines is 1. The maximum absolute atomic E-state index is 2.77. The number of hydrogen-bond acceptors (Lipinski definition) is 3. The molecule has 22 heavy (non-hydrogen) atoms. The highest BCUT2D eigenvalue weighted by Gasteiger charge is 2.43. The molecule has 0 amide bonds. The van der Waals surface area contributed by atoms with E-state index in [1.165, 1.54) is 56.0 Å². The molecule has 2 nitrogen and oxygen atoms in total. The van der Waals surface area contributed by atoms with E-state index in [1.807, 2.05) is 0 Å². The Hall–Kier alpha value is -0.670. The van der Waals surface area contributed by atoms with Crippen LogP contribution < -0.4 is 4.90 Å². The van der Waals surface area contributed by atoms with E-state index >= 15 is 0 Å². The smallest absolute Gasteiger partial charge is 0.0543 e. The van der Waals surface area contributed by atoms with Gasteiger partial charge in [0.05, 0.1) is 5.69 Å². The average Bonchev–Trinajstić information content (AvgIpc) is 2.70. The van der Waals surface area contributed by atoms with Gasteiger partial charge in [-0.2, -0.15) is 0 Å². The van der Waals surface area contributed by atoms with Crippen LogP contribution in [0.5, 0.6) is 0 Å². The Morgan fingerprint density at radius 2 is 2.23 bits per heavy atom. The number of likely N-dealkylation sites (tertiary alicyclic amines) is 1.